The fourth-order valence-corrected chi connectivity index (χ4v) is 11.8. The highest BCUT2D eigenvalue weighted by Gasteiger charge is 2.32. The average Bonchev–Trinajstić information content (AvgIpc) is 2.32. The molecule has 23 heavy (non-hydrogen) atoms. The fourth-order valence-electron chi connectivity index (χ4n) is 2.97. The lowest BCUT2D eigenvalue weighted by Gasteiger charge is -2.34. The minimum Gasteiger partial charge on any atom is -0.455 e. The van der Waals surface area contributed by atoms with Crippen molar-refractivity contribution in [2.75, 3.05) is 26.4 Å². The van der Waals surface area contributed by atoms with Gasteiger partial charge in [0.15, 0.2) is 29.2 Å². The highest BCUT2D eigenvalue weighted by molar-refractivity contribution is 6.84. The second kappa shape index (κ2) is 9.08. The van der Waals surface area contributed by atoms with Crippen LogP contribution in [0.2, 0.25) is 38.3 Å². The topological polar surface area (TPSA) is 46.2 Å². The Morgan fingerprint density at radius 3 is 1.48 bits per heavy atom. The molecule has 2 rings (SSSR count). The summed E-state index contributed by atoms with van der Waals surface area (Å²) < 4.78 is 28.5. The Kier molecular flexibility index (Phi) is 7.72. The van der Waals surface area contributed by atoms with Crippen LogP contribution in [0, 0.1) is 0 Å². The highest BCUT2D eigenvalue weighted by atomic mass is 28.4. The van der Waals surface area contributed by atoms with Gasteiger partial charge in [0.2, 0.25) is 0 Å². The molecule has 0 radical (unpaired) electrons. The molecule has 5 nitrogen and oxygen atoms in total. The maximum Gasteiger partial charge on any atom is 0.173 e. The van der Waals surface area contributed by atoms with Crippen LogP contribution in [0.3, 0.4) is 0 Å². The third kappa shape index (κ3) is 7.77. The van der Waals surface area contributed by atoms with Crippen molar-refractivity contribution >= 4 is 16.6 Å². The van der Waals surface area contributed by atoms with E-state index in [1.807, 2.05) is 0 Å². The molecule has 0 bridgehead atoms. The second-order valence-electron chi connectivity index (χ2n) is 7.75. The Labute approximate surface area is 143 Å². The van der Waals surface area contributed by atoms with Crippen LogP contribution >= 0.6 is 0 Å². The summed E-state index contributed by atoms with van der Waals surface area (Å²) in [5, 5.41) is 0. The molecular formula is C16H34O5Si2. The smallest absolute Gasteiger partial charge is 0.173 e. The number of hydrogen-bond acceptors (Lipinski definition) is 5. The third-order valence-electron chi connectivity index (χ3n) is 4.32. The van der Waals surface area contributed by atoms with Gasteiger partial charge < -0.3 is 23.1 Å². The lowest BCUT2D eigenvalue weighted by molar-refractivity contribution is -0.214. The molecule has 2 aliphatic rings. The van der Waals surface area contributed by atoms with Gasteiger partial charge in [-0.2, -0.15) is 0 Å². The van der Waals surface area contributed by atoms with E-state index in [1.54, 1.807) is 0 Å². The maximum absolute atomic E-state index is 6.62. The zero-order valence-corrected chi connectivity index (χ0v) is 17.3. The molecule has 0 spiro atoms. The predicted molar refractivity (Wildman–Crippen MR) is 95.5 cm³/mol. The van der Waals surface area contributed by atoms with Crippen LogP contribution in [0.5, 0.6) is 0 Å². The summed E-state index contributed by atoms with van der Waals surface area (Å²) in [6, 6.07) is 2.31. The van der Waals surface area contributed by atoms with Crippen molar-refractivity contribution < 1.29 is 23.1 Å². The molecule has 0 aromatic heterocycles. The van der Waals surface area contributed by atoms with E-state index in [9.17, 15) is 0 Å². The van der Waals surface area contributed by atoms with Gasteiger partial charge in [0.05, 0.1) is 13.2 Å². The zero-order valence-electron chi connectivity index (χ0n) is 15.3. The predicted octanol–water partition coefficient (Wildman–Crippen LogP) is 3.72. The molecule has 2 heterocycles. The summed E-state index contributed by atoms with van der Waals surface area (Å²) in [6.45, 7) is 12.6. The minimum atomic E-state index is -1.61. The minimum absolute atomic E-state index is 0.0613. The number of rotatable bonds is 12. The molecule has 0 aromatic rings. The van der Waals surface area contributed by atoms with Gasteiger partial charge in [-0.15, -0.1) is 0 Å². The Bertz CT molecular complexity index is 311. The van der Waals surface area contributed by atoms with Crippen LogP contribution in [0.1, 0.15) is 25.7 Å². The van der Waals surface area contributed by atoms with Crippen molar-refractivity contribution in [3.63, 3.8) is 0 Å². The van der Waals surface area contributed by atoms with Gasteiger partial charge in [-0.25, -0.2) is 0 Å². The van der Waals surface area contributed by atoms with Crippen LogP contribution in [0.25, 0.3) is 0 Å². The van der Waals surface area contributed by atoms with Gasteiger partial charge in [0.25, 0.3) is 0 Å². The molecule has 2 aliphatic heterocycles. The van der Waals surface area contributed by atoms with Crippen molar-refractivity contribution in [2.24, 2.45) is 0 Å². The van der Waals surface area contributed by atoms with Crippen LogP contribution in [-0.2, 0) is 23.1 Å². The zero-order chi connectivity index (χ0) is 16.8. The van der Waals surface area contributed by atoms with Crippen LogP contribution < -0.4 is 0 Å². The summed E-state index contributed by atoms with van der Waals surface area (Å²) in [6.07, 6.45) is 4.37. The molecular weight excluding hydrogens is 328 g/mol. The monoisotopic (exact) mass is 362 g/mol. The molecule has 0 aliphatic carbocycles. The van der Waals surface area contributed by atoms with Crippen molar-refractivity contribution in [1.29, 1.82) is 0 Å². The van der Waals surface area contributed by atoms with Crippen LogP contribution in [0.15, 0.2) is 0 Å². The van der Waals surface area contributed by atoms with Gasteiger partial charge in [-0.1, -0.05) is 0 Å². The van der Waals surface area contributed by atoms with Gasteiger partial charge >= 0.3 is 0 Å². The van der Waals surface area contributed by atoms with E-state index in [0.29, 0.717) is 0 Å². The average molecular weight is 363 g/mol. The molecule has 0 N–H and O–H groups in total. The first-order valence-electron chi connectivity index (χ1n) is 9.03. The van der Waals surface area contributed by atoms with E-state index in [2.05, 4.69) is 26.2 Å². The lowest BCUT2D eigenvalue weighted by atomic mass is 10.3. The molecule has 0 amide bonds. The van der Waals surface area contributed by atoms with Crippen LogP contribution in [0.4, 0.5) is 0 Å². The Morgan fingerprint density at radius 1 is 0.783 bits per heavy atom. The molecule has 0 saturated carbocycles. The van der Waals surface area contributed by atoms with E-state index in [1.165, 1.54) is 0 Å². The second-order valence-corrected chi connectivity index (χ2v) is 16.6. The molecule has 7 heteroatoms. The normalized spacial score (nSPS) is 25.0. The Hall–Kier alpha value is 0.234. The van der Waals surface area contributed by atoms with Crippen molar-refractivity contribution in [2.45, 2.75) is 76.5 Å². The van der Waals surface area contributed by atoms with Gasteiger partial charge in [0, 0.05) is 26.1 Å². The van der Waals surface area contributed by atoms with Gasteiger partial charge in [-0.3, -0.25) is 0 Å². The number of ether oxygens (including phenoxy) is 4. The molecule has 2 atom stereocenters. The van der Waals surface area contributed by atoms with E-state index >= 15 is 0 Å². The highest BCUT2D eigenvalue weighted by Crippen LogP contribution is 2.24. The summed E-state index contributed by atoms with van der Waals surface area (Å²) in [4.78, 5) is 0. The summed E-state index contributed by atoms with van der Waals surface area (Å²) in [5.74, 6) is 0. The van der Waals surface area contributed by atoms with E-state index in [0.717, 1.165) is 64.2 Å². The van der Waals surface area contributed by atoms with Crippen molar-refractivity contribution in [3.8, 4) is 0 Å². The molecule has 0 aromatic carbocycles. The summed E-state index contributed by atoms with van der Waals surface area (Å²) in [5.41, 5.74) is 0. The Balaban J connectivity index is 1.54. The summed E-state index contributed by atoms with van der Waals surface area (Å²) >= 11 is 0. The first kappa shape index (κ1) is 19.6. The van der Waals surface area contributed by atoms with Crippen molar-refractivity contribution in [3.05, 3.63) is 0 Å². The standard InChI is InChI=1S/C16H34O5Si2/c1-22(2,13-5-9-17-15-7-11-19-15)21-23(3,4)14-6-10-18-16-8-12-20-16/h15-16H,5-14H2,1-4H3. The first-order chi connectivity index (χ1) is 10.9. The van der Waals surface area contributed by atoms with Gasteiger partial charge in [-0.05, 0) is 51.1 Å². The van der Waals surface area contributed by atoms with E-state index < -0.39 is 16.6 Å². The van der Waals surface area contributed by atoms with E-state index in [-0.39, 0.29) is 12.6 Å². The Morgan fingerprint density at radius 2 is 1.17 bits per heavy atom. The van der Waals surface area contributed by atoms with Crippen LogP contribution in [-0.4, -0.2) is 55.6 Å². The first-order valence-corrected chi connectivity index (χ1v) is 15.3. The summed E-state index contributed by atoms with van der Waals surface area (Å²) in [7, 11) is -3.21. The SMILES string of the molecule is C[Si](C)(CCCOC1CCO1)O[Si](C)(C)CCCOC1CCO1. The largest absolute Gasteiger partial charge is 0.455 e. The fraction of sp³-hybridized carbons (Fsp3) is 1.00. The molecule has 2 unspecified atom stereocenters. The van der Waals surface area contributed by atoms with Gasteiger partial charge in [0.1, 0.15) is 0 Å². The molecule has 2 saturated heterocycles. The van der Waals surface area contributed by atoms with Crippen molar-refractivity contribution in [1.82, 2.24) is 0 Å². The molecule has 136 valence electrons. The maximum atomic E-state index is 6.62. The number of hydrogen-bond donors (Lipinski definition) is 0. The molecule has 2 fully saturated rings. The quantitative estimate of drug-likeness (QED) is 0.391. The third-order valence-corrected chi connectivity index (χ3v) is 11.9. The lowest BCUT2D eigenvalue weighted by Crippen LogP contribution is -2.44. The van der Waals surface area contributed by atoms with E-state index in [4.69, 9.17) is 23.1 Å².